The molecular formula is C12H18FN3O. The highest BCUT2D eigenvalue weighted by Crippen LogP contribution is 2.25. The fraction of sp³-hybridized carbons (Fsp3) is 0.417. The third kappa shape index (κ3) is 3.09. The van der Waals surface area contributed by atoms with Crippen molar-refractivity contribution in [3.8, 4) is 0 Å². The third-order valence-corrected chi connectivity index (χ3v) is 2.43. The van der Waals surface area contributed by atoms with E-state index in [1.165, 1.54) is 6.07 Å². The normalized spacial score (nSPS) is 10.6. The summed E-state index contributed by atoms with van der Waals surface area (Å²) in [4.78, 5) is 12.9. The lowest BCUT2D eigenvalue weighted by Crippen LogP contribution is -2.24. The smallest absolute Gasteiger partial charge is 0.250 e. The number of primary amides is 1. The van der Waals surface area contributed by atoms with E-state index >= 15 is 0 Å². The highest BCUT2D eigenvalue weighted by atomic mass is 19.1. The van der Waals surface area contributed by atoms with Crippen molar-refractivity contribution in [2.24, 2.45) is 11.7 Å². The number of benzene rings is 1. The van der Waals surface area contributed by atoms with Gasteiger partial charge in [-0.05, 0) is 18.1 Å². The molecule has 0 atom stereocenters. The van der Waals surface area contributed by atoms with Crippen LogP contribution in [0.1, 0.15) is 24.2 Å². The molecule has 1 aromatic rings. The van der Waals surface area contributed by atoms with Gasteiger partial charge in [0.2, 0.25) is 0 Å². The van der Waals surface area contributed by atoms with Crippen molar-refractivity contribution in [2.45, 2.75) is 13.8 Å². The summed E-state index contributed by atoms with van der Waals surface area (Å²) in [6.45, 7) is 4.74. The largest absolute Gasteiger partial charge is 0.398 e. The average molecular weight is 239 g/mol. The van der Waals surface area contributed by atoms with Crippen molar-refractivity contribution in [2.75, 3.05) is 24.2 Å². The van der Waals surface area contributed by atoms with Crippen LogP contribution in [0.2, 0.25) is 0 Å². The lowest BCUT2D eigenvalue weighted by molar-refractivity contribution is 0.100. The molecule has 4 nitrogen and oxygen atoms in total. The zero-order valence-corrected chi connectivity index (χ0v) is 10.3. The first-order valence-electron chi connectivity index (χ1n) is 5.43. The van der Waals surface area contributed by atoms with Crippen molar-refractivity contribution in [1.82, 2.24) is 0 Å². The lowest BCUT2D eigenvalue weighted by atomic mass is 10.1. The minimum Gasteiger partial charge on any atom is -0.398 e. The van der Waals surface area contributed by atoms with Crippen LogP contribution in [0.3, 0.4) is 0 Å². The molecule has 1 amide bonds. The summed E-state index contributed by atoms with van der Waals surface area (Å²) in [6, 6.07) is 2.53. The molecule has 17 heavy (non-hydrogen) atoms. The molecule has 94 valence electrons. The van der Waals surface area contributed by atoms with Gasteiger partial charge in [0.25, 0.3) is 5.91 Å². The maximum Gasteiger partial charge on any atom is 0.250 e. The minimum absolute atomic E-state index is 0.0664. The van der Waals surface area contributed by atoms with Gasteiger partial charge < -0.3 is 16.4 Å². The van der Waals surface area contributed by atoms with Gasteiger partial charge in [-0.15, -0.1) is 0 Å². The van der Waals surface area contributed by atoms with Crippen LogP contribution < -0.4 is 16.4 Å². The molecule has 0 aromatic heterocycles. The second-order valence-electron chi connectivity index (χ2n) is 4.53. The van der Waals surface area contributed by atoms with E-state index in [4.69, 9.17) is 11.5 Å². The first kappa shape index (κ1) is 13.3. The Balaban J connectivity index is 3.15. The fourth-order valence-corrected chi connectivity index (χ4v) is 1.73. The van der Waals surface area contributed by atoms with Crippen molar-refractivity contribution in [3.05, 3.63) is 23.5 Å². The molecular weight excluding hydrogens is 221 g/mol. The first-order valence-corrected chi connectivity index (χ1v) is 5.43. The summed E-state index contributed by atoms with van der Waals surface area (Å²) < 4.78 is 13.7. The molecule has 0 bridgehead atoms. The number of hydrogen-bond donors (Lipinski definition) is 2. The molecule has 0 aliphatic heterocycles. The number of halogens is 1. The Morgan fingerprint density at radius 2 is 2.06 bits per heavy atom. The predicted octanol–water partition coefficient (Wildman–Crippen LogP) is 1.60. The summed E-state index contributed by atoms with van der Waals surface area (Å²) in [6.07, 6.45) is 0. The molecule has 4 N–H and O–H groups in total. The summed E-state index contributed by atoms with van der Waals surface area (Å²) >= 11 is 0. The van der Waals surface area contributed by atoms with Crippen LogP contribution in [0.25, 0.3) is 0 Å². The highest BCUT2D eigenvalue weighted by molar-refractivity contribution is 5.99. The molecule has 0 saturated carbocycles. The topological polar surface area (TPSA) is 72.3 Å². The summed E-state index contributed by atoms with van der Waals surface area (Å²) in [7, 11) is 1.76. The third-order valence-electron chi connectivity index (χ3n) is 2.43. The fourth-order valence-electron chi connectivity index (χ4n) is 1.73. The summed E-state index contributed by atoms with van der Waals surface area (Å²) in [5.74, 6) is -0.716. The van der Waals surface area contributed by atoms with Gasteiger partial charge in [-0.2, -0.15) is 0 Å². The number of amides is 1. The maximum atomic E-state index is 13.7. The molecule has 1 aromatic carbocycles. The second kappa shape index (κ2) is 5.03. The number of carbonyl (C=O) groups is 1. The molecule has 0 unspecified atom stereocenters. The zero-order valence-electron chi connectivity index (χ0n) is 10.3. The Morgan fingerprint density at radius 3 is 2.53 bits per heavy atom. The van der Waals surface area contributed by atoms with Crippen LogP contribution in [0.15, 0.2) is 12.1 Å². The van der Waals surface area contributed by atoms with Gasteiger partial charge in [-0.1, -0.05) is 13.8 Å². The van der Waals surface area contributed by atoms with E-state index in [2.05, 4.69) is 0 Å². The van der Waals surface area contributed by atoms with Crippen molar-refractivity contribution in [3.63, 3.8) is 0 Å². The lowest BCUT2D eigenvalue weighted by Gasteiger charge is -2.22. The van der Waals surface area contributed by atoms with E-state index in [1.807, 2.05) is 13.8 Å². The van der Waals surface area contributed by atoms with Crippen molar-refractivity contribution < 1.29 is 9.18 Å². The van der Waals surface area contributed by atoms with Crippen LogP contribution in [0.4, 0.5) is 15.8 Å². The van der Waals surface area contributed by atoms with Gasteiger partial charge in [0, 0.05) is 19.3 Å². The van der Waals surface area contributed by atoms with Crippen LogP contribution in [0.5, 0.6) is 0 Å². The molecule has 0 aliphatic rings. The van der Waals surface area contributed by atoms with Gasteiger partial charge in [0.05, 0.1) is 11.3 Å². The number of nitrogens with two attached hydrogens (primary N) is 2. The minimum atomic E-state index is -0.651. The van der Waals surface area contributed by atoms with E-state index in [1.54, 1.807) is 11.9 Å². The van der Waals surface area contributed by atoms with Crippen LogP contribution in [0, 0.1) is 11.7 Å². The van der Waals surface area contributed by atoms with Gasteiger partial charge in [-0.3, -0.25) is 4.79 Å². The van der Waals surface area contributed by atoms with E-state index < -0.39 is 11.7 Å². The molecule has 0 radical (unpaired) electrons. The molecule has 0 saturated heterocycles. The van der Waals surface area contributed by atoms with Gasteiger partial charge in [0.15, 0.2) is 0 Å². The monoisotopic (exact) mass is 239 g/mol. The van der Waals surface area contributed by atoms with Crippen LogP contribution in [-0.2, 0) is 0 Å². The van der Waals surface area contributed by atoms with Crippen LogP contribution >= 0.6 is 0 Å². The van der Waals surface area contributed by atoms with E-state index in [0.717, 1.165) is 6.07 Å². The number of carbonyl (C=O) groups excluding carboxylic acids is 1. The summed E-state index contributed by atoms with van der Waals surface area (Å²) in [5.41, 5.74) is 11.3. The Bertz CT molecular complexity index is 432. The number of anilines is 2. The molecule has 0 heterocycles. The van der Waals surface area contributed by atoms with E-state index in [-0.39, 0.29) is 11.3 Å². The molecule has 5 heteroatoms. The Morgan fingerprint density at radius 1 is 1.47 bits per heavy atom. The predicted molar refractivity (Wildman–Crippen MR) is 67.4 cm³/mol. The first-order chi connectivity index (χ1) is 7.82. The SMILES string of the molecule is CC(C)CN(C)c1cc(C(N)=O)c(N)cc1F. The molecule has 0 spiro atoms. The average Bonchev–Trinajstić information content (AvgIpc) is 2.15. The molecule has 0 aliphatic carbocycles. The van der Waals surface area contributed by atoms with Gasteiger partial charge in [-0.25, -0.2) is 4.39 Å². The Hall–Kier alpha value is -1.78. The number of nitrogens with zero attached hydrogens (tertiary/aromatic N) is 1. The highest BCUT2D eigenvalue weighted by Gasteiger charge is 2.15. The van der Waals surface area contributed by atoms with Crippen molar-refractivity contribution >= 4 is 17.3 Å². The van der Waals surface area contributed by atoms with E-state index in [9.17, 15) is 9.18 Å². The van der Waals surface area contributed by atoms with Gasteiger partial charge >= 0.3 is 0 Å². The maximum absolute atomic E-state index is 13.7. The molecule has 0 fully saturated rings. The van der Waals surface area contributed by atoms with E-state index in [0.29, 0.717) is 18.2 Å². The quantitative estimate of drug-likeness (QED) is 0.784. The molecule has 1 rings (SSSR count). The second-order valence-corrected chi connectivity index (χ2v) is 4.53. The summed E-state index contributed by atoms with van der Waals surface area (Å²) in [5, 5.41) is 0. The zero-order chi connectivity index (χ0) is 13.2. The van der Waals surface area contributed by atoms with Gasteiger partial charge in [0.1, 0.15) is 5.82 Å². The number of hydrogen-bond acceptors (Lipinski definition) is 3. The Kier molecular flexibility index (Phi) is 3.93. The van der Waals surface area contributed by atoms with Crippen molar-refractivity contribution in [1.29, 1.82) is 0 Å². The Labute approximate surface area is 100 Å². The number of nitrogen functional groups attached to an aromatic ring is 1. The van der Waals surface area contributed by atoms with Crippen LogP contribution in [-0.4, -0.2) is 19.5 Å². The number of rotatable bonds is 4. The standard InChI is InChI=1S/C12H18FN3O/c1-7(2)6-16(3)11-4-8(12(15)17)10(14)5-9(11)13/h4-5,7H,6,14H2,1-3H3,(H2,15,17).